The lowest BCUT2D eigenvalue weighted by molar-refractivity contribution is -0.125. The quantitative estimate of drug-likeness (QED) is 0.765. The van der Waals surface area contributed by atoms with Gasteiger partial charge in [-0.1, -0.05) is 30.3 Å². The Morgan fingerprint density at radius 1 is 1.20 bits per heavy atom. The molecular weight excluding hydrogens is 248 g/mol. The summed E-state index contributed by atoms with van der Waals surface area (Å²) in [5.74, 6) is 2.10. The Hall–Kier alpha value is -1.79. The molecule has 20 heavy (non-hydrogen) atoms. The highest BCUT2D eigenvalue weighted by atomic mass is 16.2. The van der Waals surface area contributed by atoms with Crippen LogP contribution >= 0.6 is 0 Å². The second-order valence-corrected chi connectivity index (χ2v) is 5.73. The molecule has 0 radical (unpaired) electrons. The zero-order chi connectivity index (χ0) is 13.9. The van der Waals surface area contributed by atoms with Gasteiger partial charge in [-0.05, 0) is 30.7 Å². The summed E-state index contributed by atoms with van der Waals surface area (Å²) in [6.45, 7) is 2.57. The molecule has 2 unspecified atom stereocenters. The molecule has 1 amide bonds. The third-order valence-corrected chi connectivity index (χ3v) is 4.55. The van der Waals surface area contributed by atoms with Gasteiger partial charge in [-0.25, -0.2) is 0 Å². The van der Waals surface area contributed by atoms with Crippen LogP contribution < -0.4 is 0 Å². The summed E-state index contributed by atoms with van der Waals surface area (Å²) in [5.41, 5.74) is 1.35. The van der Waals surface area contributed by atoms with Crippen LogP contribution in [0.3, 0.4) is 0 Å². The van der Waals surface area contributed by atoms with Gasteiger partial charge < -0.3 is 4.90 Å². The van der Waals surface area contributed by atoms with Crippen LogP contribution in [0.2, 0.25) is 0 Å². The third kappa shape index (κ3) is 2.57. The monoisotopic (exact) mass is 268 g/mol. The molecule has 2 heterocycles. The van der Waals surface area contributed by atoms with Gasteiger partial charge in [-0.2, -0.15) is 0 Å². The molecule has 104 valence electrons. The van der Waals surface area contributed by atoms with Crippen LogP contribution in [0.5, 0.6) is 0 Å². The number of amides is 1. The predicted octanol–water partition coefficient (Wildman–Crippen LogP) is 1.89. The molecule has 0 spiro atoms. The molecule has 0 aliphatic carbocycles. The van der Waals surface area contributed by atoms with Gasteiger partial charge >= 0.3 is 0 Å². The van der Waals surface area contributed by atoms with E-state index in [9.17, 15) is 4.79 Å². The highest BCUT2D eigenvalue weighted by Gasteiger charge is 2.37. The van der Waals surface area contributed by atoms with Crippen molar-refractivity contribution in [1.82, 2.24) is 9.80 Å². The van der Waals surface area contributed by atoms with E-state index >= 15 is 0 Å². The zero-order valence-electron chi connectivity index (χ0n) is 11.7. The number of terminal acetylenes is 1. The van der Waals surface area contributed by atoms with E-state index in [0.29, 0.717) is 12.1 Å². The van der Waals surface area contributed by atoms with Gasteiger partial charge in [-0.15, -0.1) is 6.42 Å². The number of rotatable bonds is 2. The van der Waals surface area contributed by atoms with Crippen molar-refractivity contribution in [1.29, 1.82) is 0 Å². The maximum Gasteiger partial charge on any atom is 0.298 e. The van der Waals surface area contributed by atoms with E-state index in [4.69, 9.17) is 6.42 Å². The Morgan fingerprint density at radius 3 is 2.70 bits per heavy atom. The van der Waals surface area contributed by atoms with Crippen LogP contribution in [-0.4, -0.2) is 40.9 Å². The van der Waals surface area contributed by atoms with Crippen LogP contribution in [-0.2, 0) is 11.3 Å². The smallest absolute Gasteiger partial charge is 0.298 e. The molecule has 1 aromatic carbocycles. The van der Waals surface area contributed by atoms with Crippen LogP contribution in [0, 0.1) is 12.3 Å². The summed E-state index contributed by atoms with van der Waals surface area (Å²) in [6.07, 6.45) is 8.71. The second-order valence-electron chi connectivity index (χ2n) is 5.73. The summed E-state index contributed by atoms with van der Waals surface area (Å²) < 4.78 is 0. The van der Waals surface area contributed by atoms with Crippen LogP contribution in [0.4, 0.5) is 0 Å². The molecule has 0 aromatic heterocycles. The minimum Gasteiger partial charge on any atom is -0.330 e. The molecule has 0 saturated carbocycles. The van der Waals surface area contributed by atoms with E-state index in [1.54, 1.807) is 0 Å². The first-order valence-electron chi connectivity index (χ1n) is 7.33. The molecule has 0 N–H and O–H groups in total. The molecule has 2 aliphatic rings. The summed E-state index contributed by atoms with van der Waals surface area (Å²) in [7, 11) is 0. The Kier molecular flexibility index (Phi) is 3.75. The van der Waals surface area contributed by atoms with Gasteiger partial charge in [0.15, 0.2) is 0 Å². The van der Waals surface area contributed by atoms with E-state index in [1.807, 2.05) is 11.0 Å². The van der Waals surface area contributed by atoms with E-state index < -0.39 is 0 Å². The average Bonchev–Trinajstić information content (AvgIpc) is 2.74. The van der Waals surface area contributed by atoms with E-state index in [0.717, 1.165) is 26.1 Å². The number of hydrogen-bond donors (Lipinski definition) is 0. The first-order valence-corrected chi connectivity index (χ1v) is 7.33. The molecular formula is C17H20N2O. The summed E-state index contributed by atoms with van der Waals surface area (Å²) >= 11 is 0. The minimum atomic E-state index is -0.155. The fourth-order valence-corrected chi connectivity index (χ4v) is 3.50. The Labute approximate surface area is 120 Å². The molecule has 2 aliphatic heterocycles. The number of carbonyl (C=O) groups is 1. The van der Waals surface area contributed by atoms with E-state index in [1.165, 1.54) is 18.4 Å². The van der Waals surface area contributed by atoms with Crippen molar-refractivity contribution in [3.63, 3.8) is 0 Å². The predicted molar refractivity (Wildman–Crippen MR) is 78.8 cm³/mol. The number of nitrogens with zero attached hydrogens (tertiary/aromatic N) is 2. The van der Waals surface area contributed by atoms with Crippen molar-refractivity contribution in [3.8, 4) is 12.3 Å². The van der Waals surface area contributed by atoms with Gasteiger partial charge in [-0.3, -0.25) is 9.69 Å². The van der Waals surface area contributed by atoms with Gasteiger partial charge in [0.25, 0.3) is 5.91 Å². The summed E-state index contributed by atoms with van der Waals surface area (Å²) in [4.78, 5) is 16.1. The van der Waals surface area contributed by atoms with Gasteiger partial charge in [0.05, 0.1) is 0 Å². The fourth-order valence-electron chi connectivity index (χ4n) is 3.50. The van der Waals surface area contributed by atoms with Crippen LogP contribution in [0.1, 0.15) is 24.8 Å². The third-order valence-electron chi connectivity index (χ3n) is 4.55. The molecule has 3 rings (SSSR count). The molecule has 2 fully saturated rings. The Balaban J connectivity index is 1.73. The number of benzene rings is 1. The molecule has 1 aromatic rings. The lowest BCUT2D eigenvalue weighted by Crippen LogP contribution is -2.40. The summed E-state index contributed by atoms with van der Waals surface area (Å²) in [5, 5.41) is 0. The molecule has 2 atom stereocenters. The number of hydrogen-bond acceptors (Lipinski definition) is 2. The van der Waals surface area contributed by atoms with Crippen molar-refractivity contribution in [2.75, 3.05) is 13.1 Å². The van der Waals surface area contributed by atoms with E-state index in [-0.39, 0.29) is 5.91 Å². The number of fused-ring (bicyclic) bond motifs is 2. The Bertz CT molecular complexity index is 520. The largest absolute Gasteiger partial charge is 0.330 e. The topological polar surface area (TPSA) is 23.6 Å². The number of carbonyl (C=O) groups excluding carboxylic acids is 1. The maximum absolute atomic E-state index is 11.7. The summed E-state index contributed by atoms with van der Waals surface area (Å²) in [6, 6.07) is 11.6. The first kappa shape index (κ1) is 13.2. The first-order chi connectivity index (χ1) is 9.78. The molecule has 2 bridgehead atoms. The zero-order valence-corrected chi connectivity index (χ0v) is 11.7. The number of likely N-dealkylation sites (tertiary alicyclic amines) is 1. The van der Waals surface area contributed by atoms with Gasteiger partial charge in [0.1, 0.15) is 0 Å². The molecule has 3 heteroatoms. The van der Waals surface area contributed by atoms with Crippen molar-refractivity contribution < 1.29 is 4.79 Å². The highest BCUT2D eigenvalue weighted by molar-refractivity contribution is 5.92. The van der Waals surface area contributed by atoms with Crippen molar-refractivity contribution in [3.05, 3.63) is 35.9 Å². The van der Waals surface area contributed by atoms with Crippen LogP contribution in [0.25, 0.3) is 0 Å². The van der Waals surface area contributed by atoms with Crippen LogP contribution in [0.15, 0.2) is 30.3 Å². The molecule has 3 nitrogen and oxygen atoms in total. The minimum absolute atomic E-state index is 0.155. The van der Waals surface area contributed by atoms with E-state index in [2.05, 4.69) is 35.1 Å². The second kappa shape index (κ2) is 5.68. The maximum atomic E-state index is 11.7. The highest BCUT2D eigenvalue weighted by Crippen LogP contribution is 2.31. The average molecular weight is 268 g/mol. The molecule has 2 saturated heterocycles. The van der Waals surface area contributed by atoms with Crippen molar-refractivity contribution in [2.45, 2.75) is 37.9 Å². The lowest BCUT2D eigenvalue weighted by Gasteiger charge is -2.28. The lowest BCUT2D eigenvalue weighted by atomic mass is 10.1. The van der Waals surface area contributed by atoms with Crippen molar-refractivity contribution >= 4 is 5.91 Å². The Morgan fingerprint density at radius 2 is 1.95 bits per heavy atom. The van der Waals surface area contributed by atoms with Gasteiger partial charge in [0.2, 0.25) is 0 Å². The fraction of sp³-hybridized carbons (Fsp3) is 0.471. The SMILES string of the molecule is C#CC(=O)N1CCC2CCC(C1)N2Cc1ccccc1. The standard InChI is InChI=1S/C17H20N2O/c1-2-17(20)18-11-10-15-8-9-16(13-18)19(15)12-14-6-4-3-5-7-14/h1,3-7,15-16H,8-13H2. The van der Waals surface area contributed by atoms with Crippen molar-refractivity contribution in [2.24, 2.45) is 0 Å². The van der Waals surface area contributed by atoms with Gasteiger partial charge in [0, 0.05) is 31.7 Å². The normalized spacial score (nSPS) is 26.1.